The van der Waals surface area contributed by atoms with Crippen LogP contribution in [-0.2, 0) is 5.60 Å². The lowest BCUT2D eigenvalue weighted by Crippen LogP contribution is -2.47. The molecule has 8 heteroatoms. The van der Waals surface area contributed by atoms with Crippen molar-refractivity contribution in [2.24, 2.45) is 0 Å². The highest BCUT2D eigenvalue weighted by atomic mass is 35.5. The van der Waals surface area contributed by atoms with Crippen molar-refractivity contribution < 1.29 is 14.9 Å². The molecule has 2 aromatic carbocycles. The van der Waals surface area contributed by atoms with Crippen LogP contribution in [0, 0.1) is 0 Å². The highest BCUT2D eigenvalue weighted by molar-refractivity contribution is 6.35. The number of benzene rings is 2. The first-order chi connectivity index (χ1) is 14.4. The Kier molecular flexibility index (Phi) is 6.41. The first-order valence-electron chi connectivity index (χ1n) is 9.89. The van der Waals surface area contributed by atoms with E-state index in [-0.39, 0.29) is 0 Å². The molecule has 0 radical (unpaired) electrons. The van der Waals surface area contributed by atoms with Gasteiger partial charge in [-0.25, -0.2) is 4.98 Å². The molecule has 1 aliphatic heterocycles. The molecule has 30 heavy (non-hydrogen) atoms. The lowest BCUT2D eigenvalue weighted by Gasteiger charge is -2.39. The Morgan fingerprint density at radius 2 is 1.83 bits per heavy atom. The zero-order valence-electron chi connectivity index (χ0n) is 16.3. The van der Waals surface area contributed by atoms with E-state index in [0.717, 1.165) is 11.0 Å². The molecule has 4 rings (SSSR count). The Labute approximate surface area is 185 Å². The Bertz CT molecular complexity index is 1030. The summed E-state index contributed by atoms with van der Waals surface area (Å²) in [5.41, 5.74) is 1.11. The summed E-state index contributed by atoms with van der Waals surface area (Å²) >= 11 is 12.0. The van der Waals surface area contributed by atoms with E-state index in [9.17, 15) is 10.2 Å². The Hall–Kier alpha value is -1.96. The molecule has 1 saturated heterocycles. The molecule has 0 unspecified atom stereocenters. The maximum atomic E-state index is 11.1. The monoisotopic (exact) mass is 447 g/mol. The normalized spacial score (nSPS) is 17.7. The molecule has 0 spiro atoms. The molecular formula is C22H23Cl2N3O3. The van der Waals surface area contributed by atoms with Crippen molar-refractivity contribution in [3.63, 3.8) is 0 Å². The largest absolute Gasteiger partial charge is 0.492 e. The molecule has 1 aromatic heterocycles. The molecule has 1 atom stereocenters. The predicted octanol–water partition coefficient (Wildman–Crippen LogP) is 4.01. The molecule has 0 aliphatic carbocycles. The molecule has 0 amide bonds. The number of rotatable bonds is 6. The quantitative estimate of drug-likeness (QED) is 0.594. The standard InChI is InChI=1S/C22H23Cl2N3O3/c23-15-5-6-19(16(24)13-15)30-12-7-21(28)27-10-8-22(29,9-11-27)20-14-25-17-3-1-2-4-18(17)26-20/h1-6,13-14,21,28-29H,7-12H2/t21-/m1/s1. The zero-order valence-corrected chi connectivity index (χ0v) is 17.9. The molecule has 6 nitrogen and oxygen atoms in total. The summed E-state index contributed by atoms with van der Waals surface area (Å²) in [5.74, 6) is 0.538. The smallest absolute Gasteiger partial charge is 0.137 e. The van der Waals surface area contributed by atoms with Gasteiger partial charge in [-0.1, -0.05) is 35.3 Å². The topological polar surface area (TPSA) is 78.7 Å². The summed E-state index contributed by atoms with van der Waals surface area (Å²) in [4.78, 5) is 11.0. The van der Waals surface area contributed by atoms with Crippen LogP contribution in [0.15, 0.2) is 48.7 Å². The van der Waals surface area contributed by atoms with Crippen LogP contribution in [0.5, 0.6) is 5.75 Å². The third-order valence-corrected chi connectivity index (χ3v) is 6.03. The molecule has 1 aliphatic rings. The first kappa shape index (κ1) is 21.3. The van der Waals surface area contributed by atoms with E-state index >= 15 is 0 Å². The van der Waals surface area contributed by atoms with Gasteiger partial charge in [-0.05, 0) is 43.2 Å². The molecule has 1 fully saturated rings. The Balaban J connectivity index is 1.31. The molecule has 2 N–H and O–H groups in total. The van der Waals surface area contributed by atoms with Crippen molar-refractivity contribution in [1.29, 1.82) is 0 Å². The average molecular weight is 448 g/mol. The van der Waals surface area contributed by atoms with Gasteiger partial charge < -0.3 is 14.9 Å². The van der Waals surface area contributed by atoms with Gasteiger partial charge in [0.2, 0.25) is 0 Å². The fourth-order valence-corrected chi connectivity index (χ4v) is 4.14. The number of fused-ring (bicyclic) bond motifs is 1. The Morgan fingerprint density at radius 3 is 2.57 bits per heavy atom. The van der Waals surface area contributed by atoms with Gasteiger partial charge >= 0.3 is 0 Å². The van der Waals surface area contributed by atoms with Gasteiger partial charge in [0.15, 0.2) is 0 Å². The van der Waals surface area contributed by atoms with Crippen molar-refractivity contribution in [2.75, 3.05) is 19.7 Å². The van der Waals surface area contributed by atoms with Crippen molar-refractivity contribution in [3.05, 3.63) is 64.4 Å². The van der Waals surface area contributed by atoms with E-state index < -0.39 is 11.8 Å². The second kappa shape index (κ2) is 9.04. The third-order valence-electron chi connectivity index (χ3n) is 5.50. The van der Waals surface area contributed by atoms with E-state index in [1.165, 1.54) is 0 Å². The molecule has 158 valence electrons. The predicted molar refractivity (Wildman–Crippen MR) is 117 cm³/mol. The minimum absolute atomic E-state index is 0.319. The van der Waals surface area contributed by atoms with Gasteiger partial charge in [0.05, 0.1) is 34.6 Å². The van der Waals surface area contributed by atoms with E-state index in [4.69, 9.17) is 27.9 Å². The maximum Gasteiger partial charge on any atom is 0.137 e. The minimum atomic E-state index is -1.04. The van der Waals surface area contributed by atoms with Gasteiger partial charge in [-0.15, -0.1) is 0 Å². The number of ether oxygens (including phenoxy) is 1. The molecule has 2 heterocycles. The first-order valence-corrected chi connectivity index (χ1v) is 10.6. The summed E-state index contributed by atoms with van der Waals surface area (Å²) in [5, 5.41) is 22.6. The van der Waals surface area contributed by atoms with E-state index in [1.54, 1.807) is 24.4 Å². The van der Waals surface area contributed by atoms with Crippen LogP contribution in [0.4, 0.5) is 0 Å². The molecular weight excluding hydrogens is 425 g/mol. The number of hydrogen-bond acceptors (Lipinski definition) is 6. The van der Waals surface area contributed by atoms with Crippen LogP contribution in [0.3, 0.4) is 0 Å². The van der Waals surface area contributed by atoms with Gasteiger partial charge in [-0.2, -0.15) is 0 Å². The van der Waals surface area contributed by atoms with Gasteiger partial charge in [0.1, 0.15) is 17.6 Å². The SMILES string of the molecule is O[C@H](CCOc1ccc(Cl)cc1Cl)N1CCC(O)(c2cnc3ccccc3n2)CC1. The molecule has 0 bridgehead atoms. The minimum Gasteiger partial charge on any atom is -0.492 e. The Morgan fingerprint density at radius 1 is 1.10 bits per heavy atom. The fraction of sp³-hybridized carbons (Fsp3) is 0.364. The number of nitrogens with zero attached hydrogens (tertiary/aromatic N) is 3. The number of hydrogen-bond donors (Lipinski definition) is 2. The summed E-state index contributed by atoms with van der Waals surface area (Å²) in [6.45, 7) is 1.42. The van der Waals surface area contributed by atoms with Crippen molar-refractivity contribution in [1.82, 2.24) is 14.9 Å². The number of aliphatic hydroxyl groups excluding tert-OH is 1. The van der Waals surface area contributed by atoms with Crippen molar-refractivity contribution in [2.45, 2.75) is 31.1 Å². The van der Waals surface area contributed by atoms with E-state index in [2.05, 4.69) is 9.97 Å². The summed E-state index contributed by atoms with van der Waals surface area (Å²) in [6, 6.07) is 12.6. The molecule has 3 aromatic rings. The highest BCUT2D eigenvalue weighted by Gasteiger charge is 2.37. The van der Waals surface area contributed by atoms with Gasteiger partial charge in [0.25, 0.3) is 0 Å². The van der Waals surface area contributed by atoms with Crippen LogP contribution in [0.25, 0.3) is 11.0 Å². The van der Waals surface area contributed by atoms with Gasteiger partial charge in [0, 0.05) is 24.5 Å². The van der Waals surface area contributed by atoms with Crippen LogP contribution in [0.2, 0.25) is 10.0 Å². The lowest BCUT2D eigenvalue weighted by atomic mass is 9.88. The van der Waals surface area contributed by atoms with E-state index in [1.807, 2.05) is 29.2 Å². The number of piperidine rings is 1. The number of likely N-dealkylation sites (tertiary alicyclic amines) is 1. The molecule has 0 saturated carbocycles. The van der Waals surface area contributed by atoms with E-state index in [0.29, 0.717) is 60.4 Å². The lowest BCUT2D eigenvalue weighted by molar-refractivity contribution is -0.0836. The second-order valence-corrected chi connectivity index (χ2v) is 8.35. The van der Waals surface area contributed by atoms with Crippen molar-refractivity contribution >= 4 is 34.2 Å². The van der Waals surface area contributed by atoms with Gasteiger partial charge in [-0.3, -0.25) is 9.88 Å². The zero-order chi connectivity index (χ0) is 21.1. The van der Waals surface area contributed by atoms with Crippen LogP contribution >= 0.6 is 23.2 Å². The van der Waals surface area contributed by atoms with Crippen molar-refractivity contribution in [3.8, 4) is 5.75 Å². The van der Waals surface area contributed by atoms with Crippen LogP contribution in [0.1, 0.15) is 25.0 Å². The van der Waals surface area contributed by atoms with Crippen LogP contribution < -0.4 is 4.74 Å². The number of aromatic nitrogens is 2. The maximum absolute atomic E-state index is 11.1. The van der Waals surface area contributed by atoms with Crippen LogP contribution in [-0.4, -0.2) is 51.0 Å². The summed E-state index contributed by atoms with van der Waals surface area (Å²) in [6.07, 6.45) is 2.36. The highest BCUT2D eigenvalue weighted by Crippen LogP contribution is 2.33. The number of halogens is 2. The average Bonchev–Trinajstić information content (AvgIpc) is 2.75. The second-order valence-electron chi connectivity index (χ2n) is 7.50. The third kappa shape index (κ3) is 4.68. The number of para-hydroxylation sites is 2. The summed E-state index contributed by atoms with van der Waals surface area (Å²) in [7, 11) is 0. The number of aliphatic hydroxyl groups is 2. The fourth-order valence-electron chi connectivity index (χ4n) is 3.68. The summed E-state index contributed by atoms with van der Waals surface area (Å²) < 4.78 is 5.66.